The normalized spacial score (nSPS) is 12.2. The molecular weight excluding hydrogens is 342 g/mol. The van der Waals surface area contributed by atoms with Crippen molar-refractivity contribution in [2.75, 3.05) is 13.3 Å². The first kappa shape index (κ1) is 17.1. The summed E-state index contributed by atoms with van der Waals surface area (Å²) in [5, 5.41) is 4.20. The smallest absolute Gasteiger partial charge is 0.254 e. The van der Waals surface area contributed by atoms with E-state index in [0.29, 0.717) is 25.2 Å². The van der Waals surface area contributed by atoms with Gasteiger partial charge < -0.3 is 14.4 Å². The maximum Gasteiger partial charge on any atom is 0.254 e. The van der Waals surface area contributed by atoms with Crippen LogP contribution in [0.25, 0.3) is 0 Å². The molecule has 3 aromatic rings. The maximum atomic E-state index is 12.9. The highest BCUT2D eigenvalue weighted by Gasteiger charge is 2.17. The Morgan fingerprint density at radius 3 is 2.63 bits per heavy atom. The van der Waals surface area contributed by atoms with E-state index in [1.165, 1.54) is 0 Å². The third kappa shape index (κ3) is 3.79. The van der Waals surface area contributed by atoms with Crippen molar-refractivity contribution in [2.45, 2.75) is 20.0 Å². The van der Waals surface area contributed by atoms with Crippen LogP contribution in [0, 0.1) is 0 Å². The monoisotopic (exact) mass is 363 g/mol. The second-order valence-corrected chi connectivity index (χ2v) is 6.41. The Balaban J connectivity index is 1.45. The van der Waals surface area contributed by atoms with Crippen molar-refractivity contribution in [3.05, 3.63) is 77.6 Å². The fourth-order valence-electron chi connectivity index (χ4n) is 3.10. The summed E-state index contributed by atoms with van der Waals surface area (Å²) in [6.45, 7) is 4.08. The summed E-state index contributed by atoms with van der Waals surface area (Å²) in [4.78, 5) is 14.7. The molecular formula is C21H21N3O3. The van der Waals surface area contributed by atoms with Gasteiger partial charge in [-0.15, -0.1) is 0 Å². The Morgan fingerprint density at radius 2 is 1.89 bits per heavy atom. The highest BCUT2D eigenvalue weighted by Crippen LogP contribution is 2.32. The van der Waals surface area contributed by atoms with Crippen LogP contribution in [0.1, 0.15) is 28.4 Å². The largest absolute Gasteiger partial charge is 0.454 e. The van der Waals surface area contributed by atoms with Gasteiger partial charge in [0.25, 0.3) is 5.91 Å². The number of carbonyl (C=O) groups is 1. The van der Waals surface area contributed by atoms with E-state index in [2.05, 4.69) is 5.10 Å². The standard InChI is InChI=1S/C21H21N3O3/c1-2-23(13-17-6-9-19-20(12-17)27-15-26-19)21(25)18-7-4-16(5-8-18)14-24-11-3-10-22-24/h3-12H,2,13-15H2,1H3. The zero-order valence-corrected chi connectivity index (χ0v) is 15.2. The summed E-state index contributed by atoms with van der Waals surface area (Å²) >= 11 is 0. The number of hydrogen-bond acceptors (Lipinski definition) is 4. The van der Waals surface area contributed by atoms with Gasteiger partial charge in [-0.2, -0.15) is 5.10 Å². The number of hydrogen-bond donors (Lipinski definition) is 0. The summed E-state index contributed by atoms with van der Waals surface area (Å²) < 4.78 is 12.6. The number of benzene rings is 2. The number of nitrogens with zero attached hydrogens (tertiary/aromatic N) is 3. The second kappa shape index (κ2) is 7.53. The van der Waals surface area contributed by atoms with Crippen LogP contribution >= 0.6 is 0 Å². The molecule has 0 atom stereocenters. The third-order valence-electron chi connectivity index (χ3n) is 4.58. The molecule has 4 rings (SSSR count). The van der Waals surface area contributed by atoms with Crippen LogP contribution in [0.5, 0.6) is 11.5 Å². The van der Waals surface area contributed by atoms with Crippen molar-refractivity contribution in [1.29, 1.82) is 0 Å². The van der Waals surface area contributed by atoms with Gasteiger partial charge in [0.1, 0.15) is 0 Å². The summed E-state index contributed by atoms with van der Waals surface area (Å²) in [5.74, 6) is 1.50. The van der Waals surface area contributed by atoms with Gasteiger partial charge in [-0.1, -0.05) is 18.2 Å². The van der Waals surface area contributed by atoms with Gasteiger partial charge in [-0.05, 0) is 48.4 Å². The molecule has 1 aliphatic rings. The average molecular weight is 363 g/mol. The van der Waals surface area contributed by atoms with E-state index in [1.807, 2.05) is 71.2 Å². The van der Waals surface area contributed by atoms with Gasteiger partial charge in [-0.25, -0.2) is 0 Å². The van der Waals surface area contributed by atoms with Gasteiger partial charge in [0.15, 0.2) is 11.5 Å². The number of fused-ring (bicyclic) bond motifs is 1. The summed E-state index contributed by atoms with van der Waals surface area (Å²) in [6, 6.07) is 15.4. The van der Waals surface area contributed by atoms with E-state index >= 15 is 0 Å². The zero-order valence-electron chi connectivity index (χ0n) is 15.2. The van der Waals surface area contributed by atoms with Crippen LogP contribution in [0.15, 0.2) is 60.9 Å². The predicted octanol–water partition coefficient (Wildman–Crippen LogP) is 3.32. The molecule has 0 aliphatic carbocycles. The van der Waals surface area contributed by atoms with Crippen LogP contribution < -0.4 is 9.47 Å². The molecule has 2 heterocycles. The number of aromatic nitrogens is 2. The van der Waals surface area contributed by atoms with Gasteiger partial charge in [0.05, 0.1) is 6.54 Å². The van der Waals surface area contributed by atoms with E-state index < -0.39 is 0 Å². The van der Waals surface area contributed by atoms with Crippen molar-refractivity contribution >= 4 is 5.91 Å². The van der Waals surface area contributed by atoms with Crippen LogP contribution in [0.3, 0.4) is 0 Å². The molecule has 1 amide bonds. The molecule has 6 heteroatoms. The van der Waals surface area contributed by atoms with Gasteiger partial charge in [0.2, 0.25) is 6.79 Å². The van der Waals surface area contributed by atoms with Crippen LogP contribution in [-0.2, 0) is 13.1 Å². The Kier molecular flexibility index (Phi) is 4.78. The van der Waals surface area contributed by atoms with Crippen molar-refractivity contribution < 1.29 is 14.3 Å². The summed E-state index contributed by atoms with van der Waals surface area (Å²) in [5.41, 5.74) is 2.81. The Bertz CT molecular complexity index is 920. The molecule has 0 N–H and O–H groups in total. The molecule has 0 unspecified atom stereocenters. The van der Waals surface area contributed by atoms with Crippen molar-refractivity contribution in [3.63, 3.8) is 0 Å². The molecule has 138 valence electrons. The van der Waals surface area contributed by atoms with Crippen LogP contribution in [0.2, 0.25) is 0 Å². The lowest BCUT2D eigenvalue weighted by atomic mass is 10.1. The maximum absolute atomic E-state index is 12.9. The van der Waals surface area contributed by atoms with Crippen molar-refractivity contribution in [1.82, 2.24) is 14.7 Å². The molecule has 27 heavy (non-hydrogen) atoms. The highest BCUT2D eigenvalue weighted by atomic mass is 16.7. The lowest BCUT2D eigenvalue weighted by Gasteiger charge is -2.21. The number of rotatable bonds is 6. The minimum absolute atomic E-state index is 0.0146. The van der Waals surface area contributed by atoms with E-state index in [1.54, 1.807) is 6.20 Å². The quantitative estimate of drug-likeness (QED) is 0.674. The summed E-state index contributed by atoms with van der Waals surface area (Å²) in [6.07, 6.45) is 3.68. The molecule has 0 saturated heterocycles. The van der Waals surface area contributed by atoms with Gasteiger partial charge in [0, 0.05) is 31.0 Å². The van der Waals surface area contributed by atoms with E-state index in [0.717, 1.165) is 22.6 Å². The predicted molar refractivity (Wildman–Crippen MR) is 101 cm³/mol. The van der Waals surface area contributed by atoms with E-state index in [-0.39, 0.29) is 12.7 Å². The molecule has 0 fully saturated rings. The first-order chi connectivity index (χ1) is 13.2. The Hall–Kier alpha value is -3.28. The molecule has 0 saturated carbocycles. The Labute approximate surface area is 157 Å². The summed E-state index contributed by atoms with van der Waals surface area (Å²) in [7, 11) is 0. The number of ether oxygens (including phenoxy) is 2. The number of amides is 1. The fraction of sp³-hybridized carbons (Fsp3) is 0.238. The molecule has 0 spiro atoms. The van der Waals surface area contributed by atoms with Crippen molar-refractivity contribution in [3.8, 4) is 11.5 Å². The topological polar surface area (TPSA) is 56.6 Å². The third-order valence-corrected chi connectivity index (χ3v) is 4.58. The lowest BCUT2D eigenvalue weighted by Crippen LogP contribution is -2.30. The average Bonchev–Trinajstić information content (AvgIpc) is 3.37. The minimum atomic E-state index is 0.0146. The van der Waals surface area contributed by atoms with Gasteiger partial charge in [-0.3, -0.25) is 9.48 Å². The second-order valence-electron chi connectivity index (χ2n) is 6.41. The molecule has 1 aliphatic heterocycles. The van der Waals surface area contributed by atoms with Crippen LogP contribution in [-0.4, -0.2) is 33.9 Å². The molecule has 0 bridgehead atoms. The molecule has 2 aromatic carbocycles. The molecule has 0 radical (unpaired) electrons. The van der Waals surface area contributed by atoms with Crippen LogP contribution in [0.4, 0.5) is 0 Å². The van der Waals surface area contributed by atoms with Gasteiger partial charge >= 0.3 is 0 Å². The highest BCUT2D eigenvalue weighted by molar-refractivity contribution is 5.94. The SMILES string of the molecule is CCN(Cc1ccc2c(c1)OCO2)C(=O)c1ccc(Cn2cccn2)cc1. The lowest BCUT2D eigenvalue weighted by molar-refractivity contribution is 0.0752. The van der Waals surface area contributed by atoms with E-state index in [9.17, 15) is 4.79 Å². The van der Waals surface area contributed by atoms with E-state index in [4.69, 9.17) is 9.47 Å². The van der Waals surface area contributed by atoms with Crippen molar-refractivity contribution in [2.24, 2.45) is 0 Å². The fourth-order valence-corrected chi connectivity index (χ4v) is 3.10. The first-order valence-corrected chi connectivity index (χ1v) is 8.97. The Morgan fingerprint density at radius 1 is 1.11 bits per heavy atom. The minimum Gasteiger partial charge on any atom is -0.454 e. The zero-order chi connectivity index (χ0) is 18.6. The molecule has 6 nitrogen and oxygen atoms in total. The number of carbonyl (C=O) groups excluding carboxylic acids is 1. The first-order valence-electron chi connectivity index (χ1n) is 8.97. The molecule has 1 aromatic heterocycles.